The van der Waals surface area contributed by atoms with Crippen molar-refractivity contribution in [3.8, 4) is 23.0 Å². The quantitative estimate of drug-likeness (QED) is 0.447. The molecule has 156 valence electrons. The van der Waals surface area contributed by atoms with Crippen molar-refractivity contribution in [2.45, 2.75) is 34.2 Å². The first kappa shape index (κ1) is 20.4. The molecule has 3 aromatic heterocycles. The van der Waals surface area contributed by atoms with E-state index < -0.39 is 0 Å². The van der Waals surface area contributed by atoms with Crippen molar-refractivity contribution in [3.63, 3.8) is 0 Å². The number of ether oxygens (including phenoxy) is 1. The van der Waals surface area contributed by atoms with E-state index in [0.29, 0.717) is 18.2 Å². The molecule has 0 amide bonds. The topological polar surface area (TPSA) is 81.9 Å². The van der Waals surface area contributed by atoms with Crippen LogP contribution in [0.3, 0.4) is 0 Å². The Hall–Kier alpha value is -2.91. The minimum Gasteiger partial charge on any atom is -0.497 e. The molecular weight excluding hydrogens is 398 g/mol. The molecule has 0 bridgehead atoms. The van der Waals surface area contributed by atoms with E-state index in [1.807, 2.05) is 24.3 Å². The summed E-state index contributed by atoms with van der Waals surface area (Å²) >= 11 is 1.68. The zero-order chi connectivity index (χ0) is 21.3. The number of methoxy groups -OCH3 is 1. The molecule has 3 heterocycles. The maximum absolute atomic E-state index is 5.31. The summed E-state index contributed by atoms with van der Waals surface area (Å²) in [4.78, 5) is 15.7. The number of benzene rings is 1. The number of hydrogen-bond donors (Lipinski definition) is 0. The number of nitrogens with zero attached hydrogens (tertiary/aromatic N) is 7. The van der Waals surface area contributed by atoms with Crippen molar-refractivity contribution >= 4 is 21.6 Å². The molecule has 1 aromatic carbocycles. The van der Waals surface area contributed by atoms with Crippen LogP contribution in [0, 0.1) is 13.8 Å². The van der Waals surface area contributed by atoms with Crippen molar-refractivity contribution in [1.29, 1.82) is 0 Å². The van der Waals surface area contributed by atoms with E-state index in [0.717, 1.165) is 46.0 Å². The van der Waals surface area contributed by atoms with Gasteiger partial charge in [-0.15, -0.1) is 26.3 Å². The summed E-state index contributed by atoms with van der Waals surface area (Å²) in [5.74, 6) is 2.71. The summed E-state index contributed by atoms with van der Waals surface area (Å²) in [5.41, 5.74) is 1.99. The van der Waals surface area contributed by atoms with E-state index in [9.17, 15) is 0 Å². The molecular formula is C21H25N7OS. The summed E-state index contributed by atoms with van der Waals surface area (Å²) in [6.07, 6.45) is 0. The van der Waals surface area contributed by atoms with E-state index in [1.165, 1.54) is 9.67 Å². The molecule has 9 heteroatoms. The van der Waals surface area contributed by atoms with Crippen molar-refractivity contribution < 1.29 is 4.74 Å². The average Bonchev–Trinajstić information content (AvgIpc) is 3.37. The van der Waals surface area contributed by atoms with Crippen LogP contribution < -0.4 is 4.74 Å². The fourth-order valence-corrected chi connectivity index (χ4v) is 4.36. The van der Waals surface area contributed by atoms with Gasteiger partial charge in [0.2, 0.25) is 5.82 Å². The van der Waals surface area contributed by atoms with Crippen LogP contribution in [-0.2, 0) is 6.54 Å². The second kappa shape index (κ2) is 8.45. The highest BCUT2D eigenvalue weighted by Crippen LogP contribution is 2.32. The van der Waals surface area contributed by atoms with Crippen molar-refractivity contribution in [2.75, 3.05) is 20.2 Å². The fraction of sp³-hybridized carbons (Fsp3) is 0.381. The third-order valence-electron chi connectivity index (χ3n) is 5.25. The molecule has 4 aromatic rings. The first-order valence-electron chi connectivity index (χ1n) is 9.97. The molecule has 0 aliphatic rings. The summed E-state index contributed by atoms with van der Waals surface area (Å²) in [6.45, 7) is 11.0. The van der Waals surface area contributed by atoms with Gasteiger partial charge in [0, 0.05) is 10.4 Å². The van der Waals surface area contributed by atoms with Crippen LogP contribution in [0.4, 0.5) is 0 Å². The van der Waals surface area contributed by atoms with Crippen LogP contribution in [0.15, 0.2) is 24.3 Å². The van der Waals surface area contributed by atoms with Crippen LogP contribution in [0.2, 0.25) is 0 Å². The van der Waals surface area contributed by atoms with Crippen molar-refractivity contribution in [1.82, 2.24) is 35.1 Å². The van der Waals surface area contributed by atoms with Gasteiger partial charge < -0.3 is 4.74 Å². The predicted octanol–water partition coefficient (Wildman–Crippen LogP) is 3.80. The summed E-state index contributed by atoms with van der Waals surface area (Å²) in [6, 6.07) is 7.62. The zero-order valence-electron chi connectivity index (χ0n) is 17.9. The van der Waals surface area contributed by atoms with Gasteiger partial charge in [0.1, 0.15) is 16.4 Å². The molecule has 0 aliphatic heterocycles. The third-order valence-corrected chi connectivity index (χ3v) is 6.35. The van der Waals surface area contributed by atoms with Crippen molar-refractivity contribution in [2.24, 2.45) is 0 Å². The van der Waals surface area contributed by atoms with E-state index in [2.05, 4.69) is 48.0 Å². The number of rotatable bonds is 7. The molecule has 0 unspecified atom stereocenters. The lowest BCUT2D eigenvalue weighted by Gasteiger charge is -2.17. The van der Waals surface area contributed by atoms with Gasteiger partial charge in [-0.3, -0.25) is 4.90 Å². The Bertz CT molecular complexity index is 1180. The largest absolute Gasteiger partial charge is 0.497 e. The molecule has 4 rings (SSSR count). The Morgan fingerprint density at radius 3 is 2.67 bits per heavy atom. The van der Waals surface area contributed by atoms with E-state index in [1.54, 1.807) is 18.4 Å². The Morgan fingerprint density at radius 2 is 1.93 bits per heavy atom. The SMILES string of the molecule is CCN(CC)Cc1nc(-n2nnc(-c3cccc(OC)c3)n2)c2c(C)c(C)sc2n1. The normalized spacial score (nSPS) is 11.5. The second-order valence-electron chi connectivity index (χ2n) is 7.02. The Labute approximate surface area is 179 Å². The zero-order valence-corrected chi connectivity index (χ0v) is 18.7. The number of aryl methyl sites for hydroxylation is 2. The monoisotopic (exact) mass is 423 g/mol. The molecule has 0 fully saturated rings. The van der Waals surface area contributed by atoms with Gasteiger partial charge in [-0.1, -0.05) is 26.0 Å². The minimum absolute atomic E-state index is 0.524. The first-order chi connectivity index (χ1) is 14.5. The standard InChI is InChI=1S/C21H25N7OS/c1-6-27(7-2)12-17-22-20(18-13(3)14(4)30-21(18)23-17)28-25-19(24-26-28)15-9-8-10-16(11-15)29-5/h8-11H,6-7,12H2,1-5H3. The van der Waals surface area contributed by atoms with E-state index in [4.69, 9.17) is 14.7 Å². The summed E-state index contributed by atoms with van der Waals surface area (Å²) < 4.78 is 5.31. The number of tetrazole rings is 1. The average molecular weight is 424 g/mol. The smallest absolute Gasteiger partial charge is 0.205 e. The van der Waals surface area contributed by atoms with E-state index in [-0.39, 0.29) is 0 Å². The summed E-state index contributed by atoms with van der Waals surface area (Å²) in [5, 5.41) is 14.2. The predicted molar refractivity (Wildman–Crippen MR) is 118 cm³/mol. The summed E-state index contributed by atoms with van der Waals surface area (Å²) in [7, 11) is 1.64. The number of fused-ring (bicyclic) bond motifs is 1. The van der Waals surface area contributed by atoms with E-state index >= 15 is 0 Å². The van der Waals surface area contributed by atoms with Crippen molar-refractivity contribution in [3.05, 3.63) is 40.5 Å². The molecule has 0 spiro atoms. The number of aromatic nitrogens is 6. The molecule has 0 aliphatic carbocycles. The highest BCUT2D eigenvalue weighted by Gasteiger charge is 2.19. The van der Waals surface area contributed by atoms with Crippen LogP contribution in [0.1, 0.15) is 30.1 Å². The van der Waals surface area contributed by atoms with Crippen LogP contribution in [-0.4, -0.2) is 55.3 Å². The Morgan fingerprint density at radius 1 is 1.13 bits per heavy atom. The van der Waals surface area contributed by atoms with Gasteiger partial charge in [0.05, 0.1) is 19.0 Å². The first-order valence-corrected chi connectivity index (χ1v) is 10.8. The van der Waals surface area contributed by atoms with Gasteiger partial charge in [-0.2, -0.15) is 0 Å². The van der Waals surface area contributed by atoms with Gasteiger partial charge in [0.15, 0.2) is 5.82 Å². The van der Waals surface area contributed by atoms with Gasteiger partial charge >= 0.3 is 0 Å². The highest BCUT2D eigenvalue weighted by molar-refractivity contribution is 7.18. The molecule has 0 saturated carbocycles. The lowest BCUT2D eigenvalue weighted by Crippen LogP contribution is -2.24. The van der Waals surface area contributed by atoms with Gasteiger partial charge in [0.25, 0.3) is 0 Å². The Kier molecular flexibility index (Phi) is 5.74. The maximum atomic E-state index is 5.31. The highest BCUT2D eigenvalue weighted by atomic mass is 32.1. The molecule has 0 atom stereocenters. The lowest BCUT2D eigenvalue weighted by atomic mass is 10.2. The lowest BCUT2D eigenvalue weighted by molar-refractivity contribution is 0.288. The van der Waals surface area contributed by atoms with Gasteiger partial charge in [-0.25, -0.2) is 9.97 Å². The number of thiophene rings is 1. The molecule has 0 saturated heterocycles. The Balaban J connectivity index is 1.82. The molecule has 0 radical (unpaired) electrons. The van der Waals surface area contributed by atoms with Crippen LogP contribution in [0.25, 0.3) is 27.4 Å². The van der Waals surface area contributed by atoms with Gasteiger partial charge in [-0.05, 0) is 49.8 Å². The minimum atomic E-state index is 0.524. The molecule has 8 nitrogen and oxygen atoms in total. The molecule has 0 N–H and O–H groups in total. The van der Waals surface area contributed by atoms with Crippen LogP contribution in [0.5, 0.6) is 5.75 Å². The maximum Gasteiger partial charge on any atom is 0.205 e. The molecule has 30 heavy (non-hydrogen) atoms. The second-order valence-corrected chi connectivity index (χ2v) is 8.23. The third kappa shape index (κ3) is 3.78. The fourth-order valence-electron chi connectivity index (χ4n) is 3.32. The van der Waals surface area contributed by atoms with Crippen LogP contribution >= 0.6 is 11.3 Å². The number of hydrogen-bond acceptors (Lipinski definition) is 8.